The third kappa shape index (κ3) is 2.63. The molecule has 6 heteroatoms. The van der Waals surface area contributed by atoms with Gasteiger partial charge >= 0.3 is 0 Å². The van der Waals surface area contributed by atoms with Crippen LogP contribution in [-0.2, 0) is 6.42 Å². The van der Waals surface area contributed by atoms with E-state index < -0.39 is 11.6 Å². The Morgan fingerprint density at radius 1 is 1.32 bits per heavy atom. The highest BCUT2D eigenvalue weighted by Gasteiger charge is 2.20. The molecule has 19 heavy (non-hydrogen) atoms. The van der Waals surface area contributed by atoms with E-state index in [9.17, 15) is 8.78 Å². The Balaban J connectivity index is 1.76. The summed E-state index contributed by atoms with van der Waals surface area (Å²) in [5.74, 6) is 0.177. The highest BCUT2D eigenvalue weighted by atomic mass is 19.1. The van der Waals surface area contributed by atoms with Crippen LogP contribution in [0.2, 0.25) is 0 Å². The molecule has 3 rings (SSSR count). The van der Waals surface area contributed by atoms with E-state index in [1.54, 1.807) is 0 Å². The predicted molar refractivity (Wildman–Crippen MR) is 65.5 cm³/mol. The maximum Gasteiger partial charge on any atom is 0.167 e. The first-order valence-corrected chi connectivity index (χ1v) is 6.31. The molecular formula is C13H14F2N4. The van der Waals surface area contributed by atoms with Crippen LogP contribution < -0.4 is 5.32 Å². The van der Waals surface area contributed by atoms with E-state index in [-0.39, 0.29) is 12.5 Å². The molecular weight excluding hydrogens is 250 g/mol. The van der Waals surface area contributed by atoms with Crippen LogP contribution in [0.3, 0.4) is 0 Å². The van der Waals surface area contributed by atoms with Crippen molar-refractivity contribution in [3.05, 3.63) is 47.0 Å². The lowest BCUT2D eigenvalue weighted by molar-refractivity contribution is 0.573. The van der Waals surface area contributed by atoms with E-state index in [2.05, 4.69) is 20.5 Å². The van der Waals surface area contributed by atoms with Crippen LogP contribution in [0.5, 0.6) is 0 Å². The van der Waals surface area contributed by atoms with Crippen LogP contribution in [0.15, 0.2) is 18.2 Å². The molecule has 1 aromatic carbocycles. The quantitative estimate of drug-likeness (QED) is 0.892. The molecule has 0 radical (unpaired) electrons. The highest BCUT2D eigenvalue weighted by Crippen LogP contribution is 2.20. The van der Waals surface area contributed by atoms with Crippen molar-refractivity contribution >= 4 is 0 Å². The van der Waals surface area contributed by atoms with Gasteiger partial charge in [0.05, 0.1) is 6.04 Å². The Bertz CT molecular complexity index is 576. The number of rotatable bonds is 3. The minimum absolute atomic E-state index is 0.183. The summed E-state index contributed by atoms with van der Waals surface area (Å²) >= 11 is 0. The summed E-state index contributed by atoms with van der Waals surface area (Å²) in [6, 6.07) is 3.74. The summed E-state index contributed by atoms with van der Waals surface area (Å²) in [5, 5.41) is 10.3. The van der Waals surface area contributed by atoms with Crippen molar-refractivity contribution in [2.24, 2.45) is 0 Å². The second-order valence-corrected chi connectivity index (χ2v) is 4.70. The number of nitrogens with zero attached hydrogens (tertiary/aromatic N) is 2. The summed E-state index contributed by atoms with van der Waals surface area (Å²) in [6.07, 6.45) is 2.41. The Morgan fingerprint density at radius 2 is 2.21 bits per heavy atom. The zero-order valence-electron chi connectivity index (χ0n) is 10.3. The molecule has 1 aliphatic heterocycles. The predicted octanol–water partition coefficient (Wildman–Crippen LogP) is 2.10. The van der Waals surface area contributed by atoms with E-state index in [1.807, 2.05) is 0 Å². The molecule has 0 amide bonds. The summed E-state index contributed by atoms with van der Waals surface area (Å²) in [6.45, 7) is 0.973. The van der Waals surface area contributed by atoms with Crippen LogP contribution in [0.25, 0.3) is 0 Å². The van der Waals surface area contributed by atoms with Gasteiger partial charge in [-0.15, -0.1) is 0 Å². The van der Waals surface area contributed by atoms with Gasteiger partial charge in [0.25, 0.3) is 0 Å². The molecule has 1 saturated heterocycles. The van der Waals surface area contributed by atoms with Gasteiger partial charge in [-0.05, 0) is 31.0 Å². The van der Waals surface area contributed by atoms with Crippen molar-refractivity contribution in [2.45, 2.75) is 25.3 Å². The van der Waals surface area contributed by atoms with Crippen molar-refractivity contribution in [1.29, 1.82) is 0 Å². The monoisotopic (exact) mass is 264 g/mol. The molecule has 2 aromatic rings. The number of hydrogen-bond acceptors (Lipinski definition) is 3. The maximum atomic E-state index is 13.5. The van der Waals surface area contributed by atoms with Crippen molar-refractivity contribution in [3.63, 3.8) is 0 Å². The number of hydrogen-bond donors (Lipinski definition) is 2. The molecule has 2 heterocycles. The van der Waals surface area contributed by atoms with E-state index in [4.69, 9.17) is 0 Å². The standard InChI is InChI=1S/C13H14F2N4/c14-9-4-3-8(10(15)7-9)6-12-17-13(19-18-12)11-2-1-5-16-11/h3-4,7,11,16H,1-2,5-6H2,(H,17,18,19). The van der Waals surface area contributed by atoms with Gasteiger partial charge in [-0.1, -0.05) is 6.07 Å². The fraction of sp³-hybridized carbons (Fsp3) is 0.385. The molecule has 1 aliphatic rings. The molecule has 1 atom stereocenters. The number of halogens is 2. The van der Waals surface area contributed by atoms with Gasteiger partial charge in [0.15, 0.2) is 5.82 Å². The van der Waals surface area contributed by atoms with Gasteiger partial charge in [-0.3, -0.25) is 5.10 Å². The molecule has 0 saturated carbocycles. The molecule has 1 aromatic heterocycles. The lowest BCUT2D eigenvalue weighted by atomic mass is 10.1. The average Bonchev–Trinajstić information content (AvgIpc) is 3.03. The van der Waals surface area contributed by atoms with Crippen molar-refractivity contribution < 1.29 is 8.78 Å². The van der Waals surface area contributed by atoms with Crippen LogP contribution in [0.1, 0.15) is 36.1 Å². The zero-order chi connectivity index (χ0) is 13.2. The Kier molecular flexibility index (Phi) is 3.25. The molecule has 0 bridgehead atoms. The minimum atomic E-state index is -0.574. The molecule has 1 fully saturated rings. The smallest absolute Gasteiger partial charge is 0.167 e. The van der Waals surface area contributed by atoms with Crippen LogP contribution in [0.4, 0.5) is 8.78 Å². The van der Waals surface area contributed by atoms with Gasteiger partial charge in [0.1, 0.15) is 17.5 Å². The Morgan fingerprint density at radius 3 is 2.95 bits per heavy atom. The summed E-state index contributed by atoms with van der Waals surface area (Å²) < 4.78 is 26.3. The van der Waals surface area contributed by atoms with Gasteiger partial charge in [0.2, 0.25) is 0 Å². The van der Waals surface area contributed by atoms with E-state index in [0.29, 0.717) is 11.4 Å². The van der Waals surface area contributed by atoms with Crippen LogP contribution in [-0.4, -0.2) is 21.7 Å². The first-order chi connectivity index (χ1) is 9.22. The number of benzene rings is 1. The second-order valence-electron chi connectivity index (χ2n) is 4.70. The van der Waals surface area contributed by atoms with E-state index in [0.717, 1.165) is 31.3 Å². The second kappa shape index (κ2) is 5.05. The third-order valence-corrected chi connectivity index (χ3v) is 3.29. The summed E-state index contributed by atoms with van der Waals surface area (Å²) in [5.41, 5.74) is 0.406. The zero-order valence-corrected chi connectivity index (χ0v) is 10.3. The molecule has 100 valence electrons. The number of H-pyrrole nitrogens is 1. The van der Waals surface area contributed by atoms with E-state index in [1.165, 1.54) is 12.1 Å². The normalized spacial score (nSPS) is 18.9. The lowest BCUT2D eigenvalue weighted by Gasteiger charge is -2.03. The Labute approximate surface area is 109 Å². The molecule has 1 unspecified atom stereocenters. The minimum Gasteiger partial charge on any atom is -0.307 e. The highest BCUT2D eigenvalue weighted by molar-refractivity contribution is 5.22. The van der Waals surface area contributed by atoms with Crippen molar-refractivity contribution in [1.82, 2.24) is 20.5 Å². The number of aromatic nitrogens is 3. The van der Waals surface area contributed by atoms with Crippen molar-refractivity contribution in [2.75, 3.05) is 6.54 Å². The molecule has 0 aliphatic carbocycles. The van der Waals surface area contributed by atoms with Crippen LogP contribution >= 0.6 is 0 Å². The fourth-order valence-corrected chi connectivity index (χ4v) is 2.30. The van der Waals surface area contributed by atoms with Crippen molar-refractivity contribution in [3.8, 4) is 0 Å². The van der Waals surface area contributed by atoms with Gasteiger partial charge in [-0.25, -0.2) is 13.8 Å². The summed E-state index contributed by atoms with van der Waals surface area (Å²) in [7, 11) is 0. The largest absolute Gasteiger partial charge is 0.307 e. The summed E-state index contributed by atoms with van der Waals surface area (Å²) in [4.78, 5) is 4.36. The first-order valence-electron chi connectivity index (χ1n) is 6.31. The first kappa shape index (κ1) is 12.2. The maximum absolute atomic E-state index is 13.5. The van der Waals surface area contributed by atoms with Crippen LogP contribution in [0, 0.1) is 11.6 Å². The van der Waals surface area contributed by atoms with Gasteiger partial charge in [-0.2, -0.15) is 5.10 Å². The molecule has 2 N–H and O–H groups in total. The number of aromatic amines is 1. The van der Waals surface area contributed by atoms with Gasteiger partial charge < -0.3 is 5.32 Å². The fourth-order valence-electron chi connectivity index (χ4n) is 2.30. The van der Waals surface area contributed by atoms with Gasteiger partial charge in [0, 0.05) is 12.5 Å². The van der Waals surface area contributed by atoms with E-state index >= 15 is 0 Å². The lowest BCUT2D eigenvalue weighted by Crippen LogP contribution is -2.14. The topological polar surface area (TPSA) is 53.6 Å². The third-order valence-electron chi connectivity index (χ3n) is 3.29. The molecule has 4 nitrogen and oxygen atoms in total. The average molecular weight is 264 g/mol. The number of nitrogens with one attached hydrogen (secondary N) is 2. The molecule has 0 spiro atoms. The SMILES string of the molecule is Fc1ccc(Cc2nc(C3CCCN3)n[nH]2)c(F)c1. The Hall–Kier alpha value is -1.82.